The SMILES string of the molecule is CO/N=C1/CN(C(C)(C)C)CC1C1(N)CC1. The fraction of sp³-hybridized carbons (Fsp3) is 0.917. The number of hydrogen-bond donors (Lipinski definition) is 1. The van der Waals surface area contributed by atoms with E-state index in [-0.39, 0.29) is 11.1 Å². The van der Waals surface area contributed by atoms with Crippen LogP contribution in [0, 0.1) is 5.92 Å². The van der Waals surface area contributed by atoms with Crippen LogP contribution in [0.5, 0.6) is 0 Å². The molecule has 1 saturated heterocycles. The van der Waals surface area contributed by atoms with Gasteiger partial charge >= 0.3 is 0 Å². The van der Waals surface area contributed by atoms with Gasteiger partial charge in [0.1, 0.15) is 7.11 Å². The first kappa shape index (κ1) is 11.9. The normalized spacial score (nSPS) is 32.1. The largest absolute Gasteiger partial charge is 0.399 e. The van der Waals surface area contributed by atoms with Gasteiger partial charge in [0.15, 0.2) is 0 Å². The van der Waals surface area contributed by atoms with Crippen LogP contribution < -0.4 is 5.73 Å². The lowest BCUT2D eigenvalue weighted by molar-refractivity contribution is 0.165. The minimum absolute atomic E-state index is 0.00262. The number of nitrogens with two attached hydrogens (primary N) is 1. The van der Waals surface area contributed by atoms with E-state index < -0.39 is 0 Å². The lowest BCUT2D eigenvalue weighted by Crippen LogP contribution is -2.42. The van der Waals surface area contributed by atoms with E-state index in [9.17, 15) is 0 Å². The molecule has 2 rings (SSSR count). The van der Waals surface area contributed by atoms with Crippen LogP contribution in [0.4, 0.5) is 0 Å². The Balaban J connectivity index is 2.15. The Morgan fingerprint density at radius 3 is 2.50 bits per heavy atom. The molecule has 16 heavy (non-hydrogen) atoms. The molecule has 2 aliphatic rings. The van der Waals surface area contributed by atoms with Gasteiger partial charge in [-0.1, -0.05) is 5.16 Å². The molecule has 0 spiro atoms. The van der Waals surface area contributed by atoms with Crippen LogP contribution in [0.15, 0.2) is 5.16 Å². The number of rotatable bonds is 2. The van der Waals surface area contributed by atoms with Gasteiger partial charge in [-0.2, -0.15) is 0 Å². The summed E-state index contributed by atoms with van der Waals surface area (Å²) in [5.74, 6) is 0.381. The molecule has 0 radical (unpaired) electrons. The van der Waals surface area contributed by atoms with Crippen molar-refractivity contribution in [3.8, 4) is 0 Å². The first-order chi connectivity index (χ1) is 7.37. The summed E-state index contributed by atoms with van der Waals surface area (Å²) < 4.78 is 0. The van der Waals surface area contributed by atoms with Gasteiger partial charge in [-0.25, -0.2) is 0 Å². The highest BCUT2D eigenvalue weighted by molar-refractivity contribution is 5.92. The molecule has 0 bridgehead atoms. The van der Waals surface area contributed by atoms with E-state index in [1.807, 2.05) is 0 Å². The van der Waals surface area contributed by atoms with Crippen molar-refractivity contribution in [2.24, 2.45) is 16.8 Å². The van der Waals surface area contributed by atoms with Gasteiger partial charge in [-0.3, -0.25) is 4.90 Å². The Morgan fingerprint density at radius 1 is 1.44 bits per heavy atom. The lowest BCUT2D eigenvalue weighted by Gasteiger charge is -2.31. The maximum absolute atomic E-state index is 6.31. The molecular formula is C12H23N3O. The quantitative estimate of drug-likeness (QED) is 0.719. The fourth-order valence-electron chi connectivity index (χ4n) is 2.42. The van der Waals surface area contributed by atoms with Crippen LogP contribution in [-0.4, -0.2) is 41.9 Å². The smallest absolute Gasteiger partial charge is 0.106 e. The van der Waals surface area contributed by atoms with Gasteiger partial charge in [0.25, 0.3) is 0 Å². The van der Waals surface area contributed by atoms with Crippen LogP contribution in [-0.2, 0) is 4.84 Å². The van der Waals surface area contributed by atoms with Crippen molar-refractivity contribution in [3.63, 3.8) is 0 Å². The van der Waals surface area contributed by atoms with Crippen molar-refractivity contribution in [1.82, 2.24) is 4.90 Å². The molecule has 1 saturated carbocycles. The Bertz CT molecular complexity index is 302. The van der Waals surface area contributed by atoms with Crippen LogP contribution in [0.25, 0.3) is 0 Å². The zero-order valence-corrected chi connectivity index (χ0v) is 10.8. The van der Waals surface area contributed by atoms with E-state index in [2.05, 4.69) is 30.8 Å². The molecule has 1 heterocycles. The lowest BCUT2D eigenvalue weighted by atomic mass is 9.95. The summed E-state index contributed by atoms with van der Waals surface area (Å²) in [6, 6.07) is 0. The second-order valence-electron chi connectivity index (χ2n) is 6.10. The number of hydrogen-bond acceptors (Lipinski definition) is 4. The third-order valence-electron chi connectivity index (χ3n) is 3.84. The minimum Gasteiger partial charge on any atom is -0.399 e. The van der Waals surface area contributed by atoms with E-state index in [1.165, 1.54) is 0 Å². The van der Waals surface area contributed by atoms with Crippen LogP contribution in [0.1, 0.15) is 33.6 Å². The summed E-state index contributed by atoms with van der Waals surface area (Å²) in [6.45, 7) is 8.60. The second-order valence-corrected chi connectivity index (χ2v) is 6.10. The zero-order chi connectivity index (χ0) is 12.0. The maximum atomic E-state index is 6.31. The predicted molar refractivity (Wildman–Crippen MR) is 65.4 cm³/mol. The Kier molecular flexibility index (Phi) is 2.75. The van der Waals surface area contributed by atoms with Crippen molar-refractivity contribution < 1.29 is 4.84 Å². The Hall–Kier alpha value is -0.610. The maximum Gasteiger partial charge on any atom is 0.106 e. The van der Waals surface area contributed by atoms with Crippen LogP contribution in [0.2, 0.25) is 0 Å². The third-order valence-corrected chi connectivity index (χ3v) is 3.84. The first-order valence-electron chi connectivity index (χ1n) is 6.01. The van der Waals surface area contributed by atoms with Crippen molar-refractivity contribution in [2.75, 3.05) is 20.2 Å². The van der Waals surface area contributed by atoms with Gasteiger partial charge in [0.05, 0.1) is 5.71 Å². The van der Waals surface area contributed by atoms with Gasteiger partial charge in [0, 0.05) is 30.1 Å². The standard InChI is InChI=1S/C12H23N3O/c1-11(2,3)15-7-9(12(13)5-6-12)10(8-15)14-16-4/h9H,5-8,13H2,1-4H3/b14-10-. The molecular weight excluding hydrogens is 202 g/mol. The van der Waals surface area contributed by atoms with E-state index >= 15 is 0 Å². The Morgan fingerprint density at radius 2 is 2.06 bits per heavy atom. The van der Waals surface area contributed by atoms with Gasteiger partial charge in [-0.15, -0.1) is 0 Å². The summed E-state index contributed by atoms with van der Waals surface area (Å²) >= 11 is 0. The van der Waals surface area contributed by atoms with Crippen molar-refractivity contribution in [2.45, 2.75) is 44.7 Å². The highest BCUT2D eigenvalue weighted by Crippen LogP contribution is 2.43. The summed E-state index contributed by atoms with van der Waals surface area (Å²) in [6.07, 6.45) is 2.25. The van der Waals surface area contributed by atoms with Gasteiger partial charge < -0.3 is 10.6 Å². The third kappa shape index (κ3) is 2.09. The summed E-state index contributed by atoms with van der Waals surface area (Å²) in [7, 11) is 1.61. The molecule has 4 nitrogen and oxygen atoms in total. The average Bonchev–Trinajstić information content (AvgIpc) is 2.76. The minimum atomic E-state index is -0.00262. The molecule has 0 aromatic carbocycles. The first-order valence-corrected chi connectivity index (χ1v) is 6.01. The monoisotopic (exact) mass is 225 g/mol. The number of likely N-dealkylation sites (tertiary alicyclic amines) is 1. The van der Waals surface area contributed by atoms with Gasteiger partial charge in [0.2, 0.25) is 0 Å². The predicted octanol–water partition coefficient (Wildman–Crippen LogP) is 1.21. The number of nitrogens with zero attached hydrogens (tertiary/aromatic N) is 2. The highest BCUT2D eigenvalue weighted by Gasteiger charge is 2.52. The average molecular weight is 225 g/mol. The molecule has 2 N–H and O–H groups in total. The van der Waals surface area contributed by atoms with Crippen molar-refractivity contribution >= 4 is 5.71 Å². The zero-order valence-electron chi connectivity index (χ0n) is 10.8. The fourth-order valence-corrected chi connectivity index (χ4v) is 2.42. The Labute approximate surface area is 97.8 Å². The summed E-state index contributed by atoms with van der Waals surface area (Å²) in [4.78, 5) is 7.38. The molecule has 4 heteroatoms. The molecule has 92 valence electrons. The van der Waals surface area contributed by atoms with E-state index in [4.69, 9.17) is 10.6 Å². The van der Waals surface area contributed by atoms with E-state index in [1.54, 1.807) is 7.11 Å². The summed E-state index contributed by atoms with van der Waals surface area (Å²) in [5, 5.41) is 4.17. The molecule has 0 aromatic heterocycles. The highest BCUT2D eigenvalue weighted by atomic mass is 16.6. The van der Waals surface area contributed by atoms with Crippen molar-refractivity contribution in [1.29, 1.82) is 0 Å². The molecule has 2 fully saturated rings. The van der Waals surface area contributed by atoms with E-state index in [0.29, 0.717) is 5.92 Å². The van der Waals surface area contributed by atoms with E-state index in [0.717, 1.165) is 31.6 Å². The second kappa shape index (κ2) is 3.70. The van der Waals surface area contributed by atoms with Crippen LogP contribution >= 0.6 is 0 Å². The summed E-state index contributed by atoms with van der Waals surface area (Å²) in [5.41, 5.74) is 7.61. The molecule has 1 aliphatic carbocycles. The molecule has 0 amide bonds. The molecule has 0 aromatic rings. The molecule has 1 unspecified atom stereocenters. The number of oxime groups is 1. The topological polar surface area (TPSA) is 50.8 Å². The van der Waals surface area contributed by atoms with Gasteiger partial charge in [-0.05, 0) is 33.6 Å². The van der Waals surface area contributed by atoms with Crippen molar-refractivity contribution in [3.05, 3.63) is 0 Å². The molecule has 1 aliphatic heterocycles. The van der Waals surface area contributed by atoms with Crippen LogP contribution in [0.3, 0.4) is 0 Å². The molecule has 1 atom stereocenters.